The molecular formula is C11H14N2O2. The van der Waals surface area contributed by atoms with E-state index in [2.05, 4.69) is 4.98 Å². The Balaban J connectivity index is 2.44. The Morgan fingerprint density at radius 1 is 1.47 bits per heavy atom. The van der Waals surface area contributed by atoms with Crippen molar-refractivity contribution in [3.05, 3.63) is 30.2 Å². The van der Waals surface area contributed by atoms with Crippen molar-refractivity contribution in [1.82, 2.24) is 4.98 Å². The van der Waals surface area contributed by atoms with E-state index in [1.165, 1.54) is 6.39 Å². The molecule has 0 radical (unpaired) electrons. The quantitative estimate of drug-likeness (QED) is 0.782. The van der Waals surface area contributed by atoms with Crippen LogP contribution in [0.1, 0.15) is 25.5 Å². The maximum Gasteiger partial charge on any atom is 0.181 e. The number of benzene rings is 1. The van der Waals surface area contributed by atoms with Gasteiger partial charge >= 0.3 is 0 Å². The van der Waals surface area contributed by atoms with Crippen LogP contribution in [0.25, 0.3) is 11.1 Å². The summed E-state index contributed by atoms with van der Waals surface area (Å²) in [7, 11) is 0. The van der Waals surface area contributed by atoms with Crippen molar-refractivity contribution in [2.75, 3.05) is 0 Å². The number of hydrogen-bond acceptors (Lipinski definition) is 4. The molecule has 3 N–H and O–H groups in total. The molecule has 2 aromatic rings. The topological polar surface area (TPSA) is 72.3 Å². The molecule has 2 rings (SSSR count). The zero-order valence-corrected chi connectivity index (χ0v) is 8.77. The predicted octanol–water partition coefficient (Wildman–Crippen LogP) is 1.60. The highest BCUT2D eigenvalue weighted by atomic mass is 16.3. The van der Waals surface area contributed by atoms with E-state index in [0.717, 1.165) is 11.1 Å². The third kappa shape index (κ3) is 1.86. The van der Waals surface area contributed by atoms with E-state index < -0.39 is 11.6 Å². The Hall–Kier alpha value is -1.39. The zero-order valence-electron chi connectivity index (χ0n) is 8.77. The highest BCUT2D eigenvalue weighted by molar-refractivity contribution is 5.72. The van der Waals surface area contributed by atoms with E-state index in [0.29, 0.717) is 5.58 Å². The van der Waals surface area contributed by atoms with Gasteiger partial charge in [-0.2, -0.15) is 0 Å². The molecule has 1 unspecified atom stereocenters. The number of fused-ring (bicyclic) bond motifs is 1. The van der Waals surface area contributed by atoms with E-state index in [4.69, 9.17) is 10.2 Å². The molecule has 80 valence electrons. The van der Waals surface area contributed by atoms with Crippen molar-refractivity contribution < 1.29 is 9.52 Å². The van der Waals surface area contributed by atoms with E-state index in [9.17, 15) is 5.11 Å². The van der Waals surface area contributed by atoms with Gasteiger partial charge in [-0.15, -0.1) is 0 Å². The van der Waals surface area contributed by atoms with E-state index >= 15 is 0 Å². The Kier molecular flexibility index (Phi) is 2.25. The second kappa shape index (κ2) is 3.32. The molecule has 15 heavy (non-hydrogen) atoms. The predicted molar refractivity (Wildman–Crippen MR) is 57.2 cm³/mol. The largest absolute Gasteiger partial charge is 0.443 e. The lowest BCUT2D eigenvalue weighted by atomic mass is 9.92. The van der Waals surface area contributed by atoms with Gasteiger partial charge in [0.15, 0.2) is 12.0 Å². The Morgan fingerprint density at radius 2 is 2.20 bits per heavy atom. The average Bonchev–Trinajstić information content (AvgIpc) is 2.61. The third-order valence-electron chi connectivity index (χ3n) is 2.38. The molecule has 0 aliphatic rings. The fourth-order valence-corrected chi connectivity index (χ4v) is 1.47. The summed E-state index contributed by atoms with van der Waals surface area (Å²) in [6.07, 6.45) is 0.668. The summed E-state index contributed by atoms with van der Waals surface area (Å²) in [5.41, 5.74) is 7.34. The first kappa shape index (κ1) is 10.1. The standard InChI is InChI=1S/C11H14N2O2/c1-11(2,12)10(14)7-3-4-8-9(5-7)15-6-13-8/h3-6,10,14H,12H2,1-2H3. The van der Waals surface area contributed by atoms with Crippen LogP contribution in [0.3, 0.4) is 0 Å². The van der Waals surface area contributed by atoms with E-state index in [1.54, 1.807) is 19.9 Å². The highest BCUT2D eigenvalue weighted by Gasteiger charge is 2.24. The summed E-state index contributed by atoms with van der Waals surface area (Å²) in [4.78, 5) is 4.00. The number of aliphatic hydroxyl groups excluding tert-OH is 1. The minimum Gasteiger partial charge on any atom is -0.443 e. The minimum absolute atomic E-state index is 0.663. The van der Waals surface area contributed by atoms with Crippen LogP contribution in [0.5, 0.6) is 0 Å². The van der Waals surface area contributed by atoms with Gasteiger partial charge in [-0.1, -0.05) is 6.07 Å². The third-order valence-corrected chi connectivity index (χ3v) is 2.38. The van der Waals surface area contributed by atoms with Gasteiger partial charge < -0.3 is 15.3 Å². The monoisotopic (exact) mass is 206 g/mol. The first-order valence-corrected chi connectivity index (χ1v) is 4.78. The molecular weight excluding hydrogens is 192 g/mol. The maximum absolute atomic E-state index is 9.97. The van der Waals surface area contributed by atoms with Crippen molar-refractivity contribution in [2.45, 2.75) is 25.5 Å². The first-order chi connectivity index (χ1) is 6.98. The number of nitrogens with two attached hydrogens (primary N) is 1. The van der Waals surface area contributed by atoms with Crippen LogP contribution in [0.4, 0.5) is 0 Å². The molecule has 0 spiro atoms. The lowest BCUT2D eigenvalue weighted by Crippen LogP contribution is -2.39. The summed E-state index contributed by atoms with van der Waals surface area (Å²) in [5.74, 6) is 0. The molecule has 1 aromatic heterocycles. The smallest absolute Gasteiger partial charge is 0.181 e. The lowest BCUT2D eigenvalue weighted by Gasteiger charge is -2.25. The second-order valence-electron chi connectivity index (χ2n) is 4.30. The van der Waals surface area contributed by atoms with Gasteiger partial charge in [-0.05, 0) is 31.5 Å². The molecule has 0 saturated heterocycles. The first-order valence-electron chi connectivity index (χ1n) is 4.78. The van der Waals surface area contributed by atoms with Gasteiger partial charge in [0.2, 0.25) is 0 Å². The summed E-state index contributed by atoms with van der Waals surface area (Å²) >= 11 is 0. The van der Waals surface area contributed by atoms with Gasteiger partial charge in [-0.3, -0.25) is 0 Å². The van der Waals surface area contributed by atoms with E-state index in [-0.39, 0.29) is 0 Å². The number of nitrogens with zero attached hydrogens (tertiary/aromatic N) is 1. The summed E-state index contributed by atoms with van der Waals surface area (Å²) < 4.78 is 5.16. The minimum atomic E-state index is -0.716. The molecule has 0 amide bonds. The number of hydrogen-bond donors (Lipinski definition) is 2. The molecule has 1 atom stereocenters. The Labute approximate surface area is 87.7 Å². The summed E-state index contributed by atoms with van der Waals surface area (Å²) in [6.45, 7) is 3.56. The van der Waals surface area contributed by atoms with E-state index in [1.807, 2.05) is 12.1 Å². The Bertz CT molecular complexity index is 471. The Morgan fingerprint density at radius 3 is 2.87 bits per heavy atom. The molecule has 0 aliphatic heterocycles. The van der Waals surface area contributed by atoms with Crippen LogP contribution in [-0.4, -0.2) is 15.6 Å². The molecule has 0 aliphatic carbocycles. The van der Waals surface area contributed by atoms with Crippen LogP contribution < -0.4 is 5.73 Å². The average molecular weight is 206 g/mol. The normalized spacial score (nSPS) is 14.4. The van der Waals surface area contributed by atoms with Crippen LogP contribution >= 0.6 is 0 Å². The van der Waals surface area contributed by atoms with Gasteiger partial charge in [0, 0.05) is 5.54 Å². The maximum atomic E-state index is 9.97. The molecule has 4 nitrogen and oxygen atoms in total. The molecule has 0 fully saturated rings. The highest BCUT2D eigenvalue weighted by Crippen LogP contribution is 2.25. The van der Waals surface area contributed by atoms with Crippen molar-refractivity contribution in [2.24, 2.45) is 5.73 Å². The van der Waals surface area contributed by atoms with Gasteiger partial charge in [0.1, 0.15) is 5.52 Å². The molecule has 0 saturated carbocycles. The van der Waals surface area contributed by atoms with Crippen molar-refractivity contribution in [1.29, 1.82) is 0 Å². The SMILES string of the molecule is CC(C)(N)C(O)c1ccc2ncoc2c1. The number of oxazole rings is 1. The molecule has 0 bridgehead atoms. The van der Waals surface area contributed by atoms with Gasteiger partial charge in [0.25, 0.3) is 0 Å². The number of aromatic nitrogens is 1. The van der Waals surface area contributed by atoms with Crippen LogP contribution in [-0.2, 0) is 0 Å². The fourth-order valence-electron chi connectivity index (χ4n) is 1.47. The van der Waals surface area contributed by atoms with Crippen LogP contribution in [0, 0.1) is 0 Å². The number of rotatable bonds is 2. The van der Waals surface area contributed by atoms with Crippen molar-refractivity contribution >= 4 is 11.1 Å². The second-order valence-corrected chi connectivity index (χ2v) is 4.30. The van der Waals surface area contributed by atoms with Crippen molar-refractivity contribution in [3.8, 4) is 0 Å². The van der Waals surface area contributed by atoms with Gasteiger partial charge in [0.05, 0.1) is 6.10 Å². The lowest BCUT2D eigenvalue weighted by molar-refractivity contribution is 0.105. The molecule has 1 heterocycles. The zero-order chi connectivity index (χ0) is 11.1. The van der Waals surface area contributed by atoms with Crippen molar-refractivity contribution in [3.63, 3.8) is 0 Å². The summed E-state index contributed by atoms with van der Waals surface area (Å²) in [5, 5.41) is 9.97. The number of aliphatic hydroxyl groups is 1. The van der Waals surface area contributed by atoms with Crippen LogP contribution in [0.15, 0.2) is 29.0 Å². The van der Waals surface area contributed by atoms with Gasteiger partial charge in [-0.25, -0.2) is 4.98 Å². The molecule has 4 heteroatoms. The molecule has 1 aromatic carbocycles. The fraction of sp³-hybridized carbons (Fsp3) is 0.364. The summed E-state index contributed by atoms with van der Waals surface area (Å²) in [6, 6.07) is 5.38. The van der Waals surface area contributed by atoms with Crippen LogP contribution in [0.2, 0.25) is 0 Å².